The Labute approximate surface area is 269 Å². The van der Waals surface area contributed by atoms with Gasteiger partial charge in [-0.3, -0.25) is 19.2 Å². The highest BCUT2D eigenvalue weighted by atomic mass is 32.2. The molecule has 9 heteroatoms. The highest BCUT2D eigenvalue weighted by Gasteiger charge is 2.38. The van der Waals surface area contributed by atoms with Crippen LogP contribution in [-0.2, 0) is 28.7 Å². The largest absolute Gasteiger partial charge is 0.481 e. The van der Waals surface area contributed by atoms with Crippen LogP contribution in [-0.4, -0.2) is 52.8 Å². The van der Waals surface area contributed by atoms with E-state index in [-0.39, 0.29) is 61.2 Å². The van der Waals surface area contributed by atoms with Crippen molar-refractivity contribution in [2.24, 2.45) is 0 Å². The first kappa shape index (κ1) is 35.2. The molecule has 0 unspecified atom stereocenters. The molecule has 3 aromatic carbocycles. The number of carboxylic acid groups (broad SMARTS) is 1. The topological polar surface area (TPSA) is 130 Å². The number of nitrogens with one attached hydrogen (secondary N) is 2. The fourth-order valence-corrected chi connectivity index (χ4v) is 6.70. The van der Waals surface area contributed by atoms with Gasteiger partial charge in [-0.2, -0.15) is 0 Å². The average Bonchev–Trinajstić information content (AvgIpc) is 3.04. The van der Waals surface area contributed by atoms with Gasteiger partial charge in [-0.25, -0.2) is 0 Å². The number of carbonyl (C=O) groups excluding carboxylic acids is 4. The van der Waals surface area contributed by atoms with Crippen molar-refractivity contribution in [1.82, 2.24) is 10.6 Å². The van der Waals surface area contributed by atoms with E-state index in [0.717, 1.165) is 16.7 Å². The van der Waals surface area contributed by atoms with Gasteiger partial charge in [-0.1, -0.05) is 91.0 Å². The summed E-state index contributed by atoms with van der Waals surface area (Å²) in [6, 6.07) is 29.3. The molecule has 0 aliphatic carbocycles. The maximum Gasteiger partial charge on any atom is 0.303 e. The van der Waals surface area contributed by atoms with E-state index in [0.29, 0.717) is 25.8 Å². The Hall–Kier alpha value is -4.24. The molecule has 0 radical (unpaired) electrons. The molecule has 0 aliphatic rings. The monoisotopic (exact) mass is 630 g/mol. The summed E-state index contributed by atoms with van der Waals surface area (Å²) >= 11 is 1.56. The number of rotatable bonds is 20. The van der Waals surface area contributed by atoms with Crippen LogP contribution < -0.4 is 10.6 Å². The lowest BCUT2D eigenvalue weighted by molar-refractivity contribution is -0.137. The summed E-state index contributed by atoms with van der Waals surface area (Å²) in [6.45, 7) is 1.80. The molecule has 0 aromatic heterocycles. The summed E-state index contributed by atoms with van der Waals surface area (Å²) in [4.78, 5) is 60.7. The molecule has 3 aromatic rings. The van der Waals surface area contributed by atoms with E-state index in [9.17, 15) is 24.0 Å². The van der Waals surface area contributed by atoms with Crippen molar-refractivity contribution in [3.63, 3.8) is 0 Å². The highest BCUT2D eigenvalue weighted by molar-refractivity contribution is 8.00. The lowest BCUT2D eigenvalue weighted by Gasteiger charge is -2.36. The standard InChI is InChI=1S/C36H42N2O6S/c1-27(39)14-11-22-33(41)37-25-13-21-32(40)31(38-34(42)23-12-24-35(43)44)26-45-36(28-15-5-2-6-16-28,29-17-7-3-8-18-29)30-19-9-4-10-20-30/h2-10,15-20,31H,11-14,21-26H2,1H3,(H,37,41)(H,38,42)(H,43,44)/t31-/m0/s1. The zero-order valence-electron chi connectivity index (χ0n) is 25.7. The van der Waals surface area contributed by atoms with E-state index < -0.39 is 16.8 Å². The first-order valence-electron chi connectivity index (χ1n) is 15.3. The van der Waals surface area contributed by atoms with Crippen molar-refractivity contribution in [1.29, 1.82) is 0 Å². The number of hydrogen-bond acceptors (Lipinski definition) is 6. The third-order valence-corrected chi connectivity index (χ3v) is 9.02. The third-order valence-electron chi connectivity index (χ3n) is 7.38. The Morgan fingerprint density at radius 3 is 1.64 bits per heavy atom. The Kier molecular flexibility index (Phi) is 14.5. The van der Waals surface area contributed by atoms with Gasteiger partial charge in [0.25, 0.3) is 0 Å². The van der Waals surface area contributed by atoms with Crippen molar-refractivity contribution in [3.05, 3.63) is 108 Å². The molecule has 8 nitrogen and oxygen atoms in total. The van der Waals surface area contributed by atoms with E-state index in [1.54, 1.807) is 11.8 Å². The first-order chi connectivity index (χ1) is 21.7. The number of amides is 2. The van der Waals surface area contributed by atoms with Gasteiger partial charge in [-0.15, -0.1) is 11.8 Å². The van der Waals surface area contributed by atoms with Gasteiger partial charge >= 0.3 is 5.97 Å². The predicted molar refractivity (Wildman–Crippen MR) is 177 cm³/mol. The molecular formula is C36H42N2O6S. The number of benzene rings is 3. The van der Waals surface area contributed by atoms with Crippen LogP contribution in [0.15, 0.2) is 91.0 Å². The molecule has 0 aliphatic heterocycles. The zero-order chi connectivity index (χ0) is 32.5. The lowest BCUT2D eigenvalue weighted by Crippen LogP contribution is -2.44. The summed E-state index contributed by atoms with van der Waals surface area (Å²) in [5, 5.41) is 14.7. The number of aliphatic carboxylic acids is 1. The van der Waals surface area contributed by atoms with Crippen LogP contribution in [0.2, 0.25) is 0 Å². The van der Waals surface area contributed by atoms with Crippen molar-refractivity contribution >= 4 is 41.1 Å². The minimum atomic E-state index is -0.979. The van der Waals surface area contributed by atoms with Gasteiger partial charge in [-0.05, 0) is 42.9 Å². The van der Waals surface area contributed by atoms with Crippen LogP contribution in [0.4, 0.5) is 0 Å². The zero-order valence-corrected chi connectivity index (χ0v) is 26.5. The summed E-state index contributed by atoms with van der Waals surface area (Å²) < 4.78 is -0.690. The van der Waals surface area contributed by atoms with E-state index >= 15 is 0 Å². The molecule has 2 amide bonds. The molecule has 45 heavy (non-hydrogen) atoms. The molecule has 3 N–H and O–H groups in total. The fraction of sp³-hybridized carbons (Fsp3) is 0.361. The Bertz CT molecular complexity index is 1300. The van der Waals surface area contributed by atoms with Crippen molar-refractivity contribution in [2.75, 3.05) is 12.3 Å². The second kappa shape index (κ2) is 18.5. The Morgan fingerprint density at radius 1 is 0.667 bits per heavy atom. The number of carbonyl (C=O) groups is 5. The summed E-state index contributed by atoms with van der Waals surface area (Å²) in [6.07, 6.45) is 1.67. The van der Waals surface area contributed by atoms with Gasteiger partial charge in [0.1, 0.15) is 5.78 Å². The molecule has 0 spiro atoms. The second-order valence-corrected chi connectivity index (χ2v) is 12.2. The minimum Gasteiger partial charge on any atom is -0.481 e. The molecule has 0 bridgehead atoms. The molecule has 238 valence electrons. The lowest BCUT2D eigenvalue weighted by atomic mass is 9.84. The number of carboxylic acids is 1. The Morgan fingerprint density at radius 2 is 1.16 bits per heavy atom. The number of hydrogen-bond donors (Lipinski definition) is 3. The highest BCUT2D eigenvalue weighted by Crippen LogP contribution is 2.48. The number of Topliss-reactive ketones (excluding diaryl/α,β-unsaturated/α-hetero) is 2. The van der Waals surface area contributed by atoms with Crippen LogP contribution in [0.25, 0.3) is 0 Å². The predicted octanol–water partition coefficient (Wildman–Crippen LogP) is 5.68. The summed E-state index contributed by atoms with van der Waals surface area (Å²) in [5.74, 6) is -1.38. The van der Waals surface area contributed by atoms with Crippen LogP contribution in [0.1, 0.15) is 75.0 Å². The molecule has 3 rings (SSSR count). The maximum absolute atomic E-state index is 13.6. The van der Waals surface area contributed by atoms with Crippen molar-refractivity contribution in [3.8, 4) is 0 Å². The summed E-state index contributed by atoms with van der Waals surface area (Å²) in [5.41, 5.74) is 3.08. The van der Waals surface area contributed by atoms with Gasteiger partial charge in [0, 0.05) is 44.4 Å². The molecular weight excluding hydrogens is 588 g/mol. The molecule has 0 fully saturated rings. The number of thioether (sulfide) groups is 1. The van der Waals surface area contributed by atoms with Gasteiger partial charge in [0.15, 0.2) is 5.78 Å². The van der Waals surface area contributed by atoms with Crippen LogP contribution in [0.5, 0.6) is 0 Å². The maximum atomic E-state index is 13.6. The second-order valence-electron chi connectivity index (χ2n) is 10.9. The van der Waals surface area contributed by atoms with E-state index in [4.69, 9.17) is 5.11 Å². The minimum absolute atomic E-state index is 0.00172. The van der Waals surface area contributed by atoms with Gasteiger partial charge in [0.2, 0.25) is 11.8 Å². The first-order valence-corrected chi connectivity index (χ1v) is 16.3. The van der Waals surface area contributed by atoms with Crippen LogP contribution >= 0.6 is 11.8 Å². The van der Waals surface area contributed by atoms with E-state index in [2.05, 4.69) is 47.0 Å². The average molecular weight is 631 g/mol. The normalized spacial score (nSPS) is 11.8. The molecule has 0 heterocycles. The van der Waals surface area contributed by atoms with Crippen LogP contribution in [0, 0.1) is 0 Å². The number of ketones is 2. The van der Waals surface area contributed by atoms with E-state index in [1.165, 1.54) is 6.92 Å². The van der Waals surface area contributed by atoms with Crippen LogP contribution in [0.3, 0.4) is 0 Å². The fourth-order valence-electron chi connectivity index (χ4n) is 5.11. The van der Waals surface area contributed by atoms with Gasteiger partial charge < -0.3 is 20.5 Å². The third kappa shape index (κ3) is 11.3. The van der Waals surface area contributed by atoms with Gasteiger partial charge in [0.05, 0.1) is 10.8 Å². The smallest absolute Gasteiger partial charge is 0.303 e. The molecule has 0 saturated heterocycles. The summed E-state index contributed by atoms with van der Waals surface area (Å²) in [7, 11) is 0. The van der Waals surface area contributed by atoms with Crippen molar-refractivity contribution in [2.45, 2.75) is 69.1 Å². The molecule has 1 atom stereocenters. The van der Waals surface area contributed by atoms with Crippen molar-refractivity contribution < 1.29 is 29.1 Å². The SMILES string of the molecule is CC(=O)CCCC(=O)NCCCC(=O)[C@H](CSC(c1ccccc1)(c1ccccc1)c1ccccc1)NC(=O)CCCC(=O)O. The Balaban J connectivity index is 1.82. The van der Waals surface area contributed by atoms with E-state index in [1.807, 2.05) is 54.6 Å². The molecule has 0 saturated carbocycles. The quantitative estimate of drug-likeness (QED) is 0.108.